The van der Waals surface area contributed by atoms with Gasteiger partial charge in [-0.1, -0.05) is 11.6 Å². The molecule has 0 aliphatic carbocycles. The number of carbonyl (C=O) groups excluding carboxylic acids is 1. The van der Waals surface area contributed by atoms with Crippen molar-refractivity contribution >= 4 is 23.2 Å². The van der Waals surface area contributed by atoms with Crippen LogP contribution in [0.2, 0.25) is 5.02 Å². The van der Waals surface area contributed by atoms with E-state index in [1.165, 1.54) is 6.07 Å². The molecule has 0 saturated heterocycles. The molecular weight excluding hydrogens is 343 g/mol. The van der Waals surface area contributed by atoms with E-state index in [4.69, 9.17) is 16.0 Å². The number of halogens is 4. The Morgan fingerprint density at radius 2 is 1.62 bits per heavy atom. The number of furan rings is 1. The van der Waals surface area contributed by atoms with Crippen LogP contribution in [0.1, 0.15) is 10.6 Å². The maximum absolute atomic E-state index is 13.6. The van der Waals surface area contributed by atoms with Crippen LogP contribution in [0.4, 0.5) is 18.9 Å². The molecule has 0 aliphatic rings. The SMILES string of the molecule is O=C(Nc1ccc(F)c(F)c1F)c1ccc(-c2ccc(Cl)cc2)o1. The van der Waals surface area contributed by atoms with E-state index in [0.717, 1.165) is 12.1 Å². The Morgan fingerprint density at radius 1 is 0.917 bits per heavy atom. The quantitative estimate of drug-likeness (QED) is 0.653. The number of nitrogens with one attached hydrogen (secondary N) is 1. The van der Waals surface area contributed by atoms with E-state index in [-0.39, 0.29) is 5.76 Å². The van der Waals surface area contributed by atoms with Gasteiger partial charge in [0.2, 0.25) is 0 Å². The molecule has 24 heavy (non-hydrogen) atoms. The van der Waals surface area contributed by atoms with Gasteiger partial charge >= 0.3 is 0 Å². The van der Waals surface area contributed by atoms with Gasteiger partial charge < -0.3 is 9.73 Å². The normalized spacial score (nSPS) is 10.7. The Hall–Kier alpha value is -2.73. The summed E-state index contributed by atoms with van der Waals surface area (Å²) in [5, 5.41) is 2.69. The van der Waals surface area contributed by atoms with E-state index in [2.05, 4.69) is 5.32 Å². The lowest BCUT2D eigenvalue weighted by Crippen LogP contribution is -2.13. The van der Waals surface area contributed by atoms with Crippen molar-refractivity contribution in [3.8, 4) is 11.3 Å². The van der Waals surface area contributed by atoms with Crippen LogP contribution in [-0.2, 0) is 0 Å². The van der Waals surface area contributed by atoms with Gasteiger partial charge in [0.15, 0.2) is 23.2 Å². The molecule has 0 aliphatic heterocycles. The van der Waals surface area contributed by atoms with E-state index in [0.29, 0.717) is 16.3 Å². The fourth-order valence-corrected chi connectivity index (χ4v) is 2.16. The summed E-state index contributed by atoms with van der Waals surface area (Å²) < 4.78 is 45.0. The average Bonchev–Trinajstić information content (AvgIpc) is 3.06. The number of carbonyl (C=O) groups is 1. The van der Waals surface area contributed by atoms with Crippen molar-refractivity contribution in [1.82, 2.24) is 0 Å². The van der Waals surface area contributed by atoms with Gasteiger partial charge in [-0.05, 0) is 48.5 Å². The summed E-state index contributed by atoms with van der Waals surface area (Å²) in [6.07, 6.45) is 0. The van der Waals surface area contributed by atoms with Gasteiger partial charge in [0.05, 0.1) is 5.69 Å². The molecule has 0 spiro atoms. The molecule has 0 bridgehead atoms. The van der Waals surface area contributed by atoms with Crippen LogP contribution in [0, 0.1) is 17.5 Å². The third-order valence-corrected chi connectivity index (χ3v) is 3.49. The summed E-state index contributed by atoms with van der Waals surface area (Å²) >= 11 is 5.80. The summed E-state index contributed by atoms with van der Waals surface area (Å²) in [5.41, 5.74) is 0.209. The molecule has 1 aromatic heterocycles. The Labute approximate surface area is 139 Å². The molecule has 2 aromatic carbocycles. The molecule has 1 amide bonds. The highest BCUT2D eigenvalue weighted by molar-refractivity contribution is 6.30. The maximum atomic E-state index is 13.6. The molecule has 122 valence electrons. The summed E-state index contributed by atoms with van der Waals surface area (Å²) in [7, 11) is 0. The van der Waals surface area contributed by atoms with Gasteiger partial charge in [-0.15, -0.1) is 0 Å². The molecule has 0 atom stereocenters. The van der Waals surface area contributed by atoms with Crippen molar-refractivity contribution < 1.29 is 22.4 Å². The summed E-state index contributed by atoms with van der Waals surface area (Å²) in [5.74, 6) is -4.97. The van der Waals surface area contributed by atoms with Crippen LogP contribution in [0.5, 0.6) is 0 Å². The number of anilines is 1. The van der Waals surface area contributed by atoms with Gasteiger partial charge in [-0.3, -0.25) is 4.79 Å². The van der Waals surface area contributed by atoms with Crippen LogP contribution in [-0.4, -0.2) is 5.91 Å². The molecule has 3 nitrogen and oxygen atoms in total. The molecule has 0 fully saturated rings. The minimum Gasteiger partial charge on any atom is -0.451 e. The molecular formula is C17H9ClF3NO2. The van der Waals surface area contributed by atoms with Crippen LogP contribution in [0.3, 0.4) is 0 Å². The van der Waals surface area contributed by atoms with E-state index < -0.39 is 29.0 Å². The van der Waals surface area contributed by atoms with Crippen molar-refractivity contribution in [2.24, 2.45) is 0 Å². The molecule has 1 heterocycles. The van der Waals surface area contributed by atoms with E-state index in [1.54, 1.807) is 30.3 Å². The zero-order chi connectivity index (χ0) is 17.3. The second-order valence-corrected chi connectivity index (χ2v) is 5.28. The Kier molecular flexibility index (Phi) is 4.31. The lowest BCUT2D eigenvalue weighted by molar-refractivity contribution is 0.0997. The average molecular weight is 352 g/mol. The van der Waals surface area contributed by atoms with Crippen molar-refractivity contribution in [3.05, 3.63) is 76.8 Å². The fourth-order valence-electron chi connectivity index (χ4n) is 2.04. The van der Waals surface area contributed by atoms with Crippen molar-refractivity contribution in [2.75, 3.05) is 5.32 Å². The smallest absolute Gasteiger partial charge is 0.291 e. The highest BCUT2D eigenvalue weighted by Crippen LogP contribution is 2.25. The van der Waals surface area contributed by atoms with Crippen molar-refractivity contribution in [2.45, 2.75) is 0 Å². The first kappa shape index (κ1) is 16.1. The molecule has 7 heteroatoms. The first-order valence-electron chi connectivity index (χ1n) is 6.76. The standard InChI is InChI=1S/C17H9ClF3NO2/c18-10-3-1-9(2-4-10)13-7-8-14(24-13)17(23)22-12-6-5-11(19)15(20)16(12)21/h1-8H,(H,22,23). The first-order valence-corrected chi connectivity index (χ1v) is 7.14. The highest BCUT2D eigenvalue weighted by atomic mass is 35.5. The summed E-state index contributed by atoms with van der Waals surface area (Å²) in [6, 6.07) is 11.3. The molecule has 0 saturated carbocycles. The van der Waals surface area contributed by atoms with E-state index in [1.807, 2.05) is 0 Å². The second-order valence-electron chi connectivity index (χ2n) is 4.85. The molecule has 3 aromatic rings. The van der Waals surface area contributed by atoms with E-state index >= 15 is 0 Å². The zero-order valence-corrected chi connectivity index (χ0v) is 12.7. The fraction of sp³-hybridized carbons (Fsp3) is 0. The molecule has 0 unspecified atom stereocenters. The predicted octanol–water partition coefficient (Wildman–Crippen LogP) is 5.27. The van der Waals surface area contributed by atoms with Crippen LogP contribution in [0.15, 0.2) is 52.9 Å². The number of benzene rings is 2. The Bertz CT molecular complexity index is 907. The van der Waals surface area contributed by atoms with Gasteiger partial charge in [0.25, 0.3) is 5.91 Å². The third kappa shape index (κ3) is 3.14. The monoisotopic (exact) mass is 351 g/mol. The van der Waals surface area contributed by atoms with Crippen molar-refractivity contribution in [3.63, 3.8) is 0 Å². The third-order valence-electron chi connectivity index (χ3n) is 3.24. The van der Waals surface area contributed by atoms with E-state index in [9.17, 15) is 18.0 Å². The summed E-state index contributed by atoms with van der Waals surface area (Å²) in [4.78, 5) is 12.1. The van der Waals surface area contributed by atoms with Crippen molar-refractivity contribution in [1.29, 1.82) is 0 Å². The number of hydrogen-bond acceptors (Lipinski definition) is 2. The molecule has 1 N–H and O–H groups in total. The number of hydrogen-bond donors (Lipinski definition) is 1. The van der Waals surface area contributed by atoms with Crippen LogP contribution in [0.25, 0.3) is 11.3 Å². The number of amides is 1. The lowest BCUT2D eigenvalue weighted by atomic mass is 10.2. The van der Waals surface area contributed by atoms with Gasteiger partial charge in [-0.2, -0.15) is 0 Å². The van der Waals surface area contributed by atoms with Gasteiger partial charge in [0, 0.05) is 10.6 Å². The van der Waals surface area contributed by atoms with Gasteiger partial charge in [-0.25, -0.2) is 13.2 Å². The Morgan fingerprint density at radius 3 is 2.33 bits per heavy atom. The minimum absolute atomic E-state index is 0.107. The Balaban J connectivity index is 1.82. The molecule has 3 rings (SSSR count). The molecule has 0 radical (unpaired) electrons. The highest BCUT2D eigenvalue weighted by Gasteiger charge is 2.18. The lowest BCUT2D eigenvalue weighted by Gasteiger charge is -2.05. The largest absolute Gasteiger partial charge is 0.451 e. The summed E-state index contributed by atoms with van der Waals surface area (Å²) in [6.45, 7) is 0. The van der Waals surface area contributed by atoms with Crippen LogP contribution >= 0.6 is 11.6 Å². The minimum atomic E-state index is -1.66. The number of rotatable bonds is 3. The zero-order valence-electron chi connectivity index (χ0n) is 11.9. The topological polar surface area (TPSA) is 42.2 Å². The van der Waals surface area contributed by atoms with Gasteiger partial charge in [0.1, 0.15) is 5.76 Å². The first-order chi connectivity index (χ1) is 11.5. The second kappa shape index (κ2) is 6.41. The predicted molar refractivity (Wildman–Crippen MR) is 83.4 cm³/mol. The van der Waals surface area contributed by atoms with Crippen LogP contribution < -0.4 is 5.32 Å². The maximum Gasteiger partial charge on any atom is 0.291 e.